The van der Waals surface area contributed by atoms with Gasteiger partial charge in [0.05, 0.1) is 6.61 Å². The lowest BCUT2D eigenvalue weighted by Gasteiger charge is -2.13. The SMILES string of the molecule is Cc1cc(Nc2ccc(F)cc2)c(C=N)cc1CO. The van der Waals surface area contributed by atoms with Crippen LogP contribution in [-0.4, -0.2) is 11.3 Å². The summed E-state index contributed by atoms with van der Waals surface area (Å²) in [5.74, 6) is -0.287. The van der Waals surface area contributed by atoms with Crippen LogP contribution in [0.5, 0.6) is 0 Å². The molecule has 19 heavy (non-hydrogen) atoms. The Morgan fingerprint density at radius 3 is 2.53 bits per heavy atom. The van der Waals surface area contributed by atoms with Crippen molar-refractivity contribution in [2.45, 2.75) is 13.5 Å². The predicted octanol–water partition coefficient (Wildman–Crippen LogP) is 3.37. The molecule has 2 rings (SSSR count). The number of aliphatic hydroxyl groups is 1. The summed E-state index contributed by atoms with van der Waals surface area (Å²) in [5.41, 5.74) is 3.93. The molecule has 0 amide bonds. The normalized spacial score (nSPS) is 10.3. The van der Waals surface area contributed by atoms with Crippen molar-refractivity contribution >= 4 is 17.6 Å². The molecule has 0 atom stereocenters. The molecule has 0 spiro atoms. The minimum absolute atomic E-state index is 0.0521. The summed E-state index contributed by atoms with van der Waals surface area (Å²) in [6, 6.07) is 9.67. The number of benzene rings is 2. The topological polar surface area (TPSA) is 56.1 Å². The van der Waals surface area contributed by atoms with Gasteiger partial charge in [0.25, 0.3) is 0 Å². The van der Waals surface area contributed by atoms with E-state index >= 15 is 0 Å². The summed E-state index contributed by atoms with van der Waals surface area (Å²) in [7, 11) is 0. The van der Waals surface area contributed by atoms with Gasteiger partial charge in [0.2, 0.25) is 0 Å². The van der Waals surface area contributed by atoms with E-state index in [1.165, 1.54) is 18.3 Å². The Bertz CT molecular complexity index is 594. The van der Waals surface area contributed by atoms with Crippen molar-refractivity contribution in [3.8, 4) is 0 Å². The van der Waals surface area contributed by atoms with E-state index in [1.807, 2.05) is 13.0 Å². The van der Waals surface area contributed by atoms with Crippen LogP contribution in [0.25, 0.3) is 0 Å². The maximum absolute atomic E-state index is 12.8. The molecule has 2 aromatic carbocycles. The first-order chi connectivity index (χ1) is 9.13. The van der Waals surface area contributed by atoms with Crippen LogP contribution in [0, 0.1) is 18.2 Å². The van der Waals surface area contributed by atoms with Crippen molar-refractivity contribution in [1.29, 1.82) is 5.41 Å². The van der Waals surface area contributed by atoms with E-state index in [9.17, 15) is 9.50 Å². The Kier molecular flexibility index (Phi) is 3.92. The second-order valence-electron chi connectivity index (χ2n) is 4.30. The first kappa shape index (κ1) is 13.2. The van der Waals surface area contributed by atoms with Gasteiger partial charge < -0.3 is 15.8 Å². The Labute approximate surface area is 111 Å². The highest BCUT2D eigenvalue weighted by Gasteiger charge is 2.06. The largest absolute Gasteiger partial charge is 0.392 e. The highest BCUT2D eigenvalue weighted by atomic mass is 19.1. The molecule has 0 saturated heterocycles. The van der Waals surface area contributed by atoms with Crippen LogP contribution < -0.4 is 5.32 Å². The molecule has 0 fully saturated rings. The van der Waals surface area contributed by atoms with Gasteiger partial charge in [-0.3, -0.25) is 0 Å². The van der Waals surface area contributed by atoms with Crippen molar-refractivity contribution in [3.05, 3.63) is 58.9 Å². The molecular formula is C15H15FN2O. The van der Waals surface area contributed by atoms with Gasteiger partial charge in [-0.15, -0.1) is 0 Å². The number of aryl methyl sites for hydroxylation is 1. The summed E-state index contributed by atoms with van der Waals surface area (Å²) in [6.07, 6.45) is 1.23. The molecular weight excluding hydrogens is 243 g/mol. The molecule has 0 aliphatic heterocycles. The summed E-state index contributed by atoms with van der Waals surface area (Å²) in [6.45, 7) is 1.85. The van der Waals surface area contributed by atoms with Crippen LogP contribution in [-0.2, 0) is 6.61 Å². The second-order valence-corrected chi connectivity index (χ2v) is 4.30. The van der Waals surface area contributed by atoms with Crippen LogP contribution in [0.15, 0.2) is 36.4 Å². The van der Waals surface area contributed by atoms with Crippen molar-refractivity contribution in [2.24, 2.45) is 0 Å². The molecule has 0 aliphatic rings. The van der Waals surface area contributed by atoms with Gasteiger partial charge in [0.15, 0.2) is 0 Å². The molecule has 0 aliphatic carbocycles. The standard InChI is InChI=1S/C15H15FN2O/c1-10-6-15(11(8-17)7-12(10)9-19)18-14-4-2-13(16)3-5-14/h2-8,17-19H,9H2,1H3. The van der Waals surface area contributed by atoms with Gasteiger partial charge in [-0.25, -0.2) is 4.39 Å². The number of rotatable bonds is 4. The number of anilines is 2. The Balaban J connectivity index is 2.36. The fourth-order valence-corrected chi connectivity index (χ4v) is 1.86. The zero-order valence-electron chi connectivity index (χ0n) is 10.6. The Morgan fingerprint density at radius 2 is 1.95 bits per heavy atom. The lowest BCUT2D eigenvalue weighted by molar-refractivity contribution is 0.281. The Hall–Kier alpha value is -2.20. The summed E-state index contributed by atoms with van der Waals surface area (Å²) in [4.78, 5) is 0. The van der Waals surface area contributed by atoms with Gasteiger partial charge >= 0.3 is 0 Å². The number of nitrogens with one attached hydrogen (secondary N) is 2. The third kappa shape index (κ3) is 2.98. The maximum Gasteiger partial charge on any atom is 0.123 e. The van der Waals surface area contributed by atoms with Crippen molar-refractivity contribution < 1.29 is 9.50 Å². The second kappa shape index (κ2) is 5.63. The predicted molar refractivity (Wildman–Crippen MR) is 74.7 cm³/mol. The molecule has 0 aromatic heterocycles. The number of hydrogen-bond acceptors (Lipinski definition) is 3. The molecule has 0 radical (unpaired) electrons. The van der Waals surface area contributed by atoms with Crippen LogP contribution >= 0.6 is 0 Å². The lowest BCUT2D eigenvalue weighted by atomic mass is 10.0. The van der Waals surface area contributed by atoms with E-state index in [-0.39, 0.29) is 12.4 Å². The number of halogens is 1. The minimum atomic E-state index is -0.287. The number of hydrogen-bond donors (Lipinski definition) is 3. The van der Waals surface area contributed by atoms with E-state index in [0.29, 0.717) is 5.56 Å². The van der Waals surface area contributed by atoms with Crippen LogP contribution in [0.2, 0.25) is 0 Å². The van der Waals surface area contributed by atoms with Crippen LogP contribution in [0.1, 0.15) is 16.7 Å². The molecule has 0 saturated carbocycles. The lowest BCUT2D eigenvalue weighted by Crippen LogP contribution is -1.99. The van der Waals surface area contributed by atoms with Crippen LogP contribution in [0.3, 0.4) is 0 Å². The van der Waals surface area contributed by atoms with E-state index < -0.39 is 0 Å². The molecule has 0 bridgehead atoms. The van der Waals surface area contributed by atoms with Gasteiger partial charge in [-0.1, -0.05) is 0 Å². The zero-order valence-corrected chi connectivity index (χ0v) is 10.6. The highest BCUT2D eigenvalue weighted by molar-refractivity contribution is 5.88. The minimum Gasteiger partial charge on any atom is -0.392 e. The van der Waals surface area contributed by atoms with Gasteiger partial charge in [0, 0.05) is 23.2 Å². The number of aliphatic hydroxyl groups excluding tert-OH is 1. The van der Waals surface area contributed by atoms with E-state index in [1.54, 1.807) is 18.2 Å². The monoisotopic (exact) mass is 258 g/mol. The van der Waals surface area contributed by atoms with Crippen LogP contribution in [0.4, 0.5) is 15.8 Å². The van der Waals surface area contributed by atoms with Crippen molar-refractivity contribution in [2.75, 3.05) is 5.32 Å². The first-order valence-electron chi connectivity index (χ1n) is 5.91. The average molecular weight is 258 g/mol. The molecule has 2 aromatic rings. The van der Waals surface area contributed by atoms with E-state index in [0.717, 1.165) is 22.5 Å². The van der Waals surface area contributed by atoms with Crippen molar-refractivity contribution in [1.82, 2.24) is 0 Å². The van der Waals surface area contributed by atoms with E-state index in [2.05, 4.69) is 5.32 Å². The molecule has 3 N–H and O–H groups in total. The van der Waals surface area contributed by atoms with Gasteiger partial charge in [0.1, 0.15) is 5.82 Å². The summed E-state index contributed by atoms with van der Waals surface area (Å²) < 4.78 is 12.8. The summed E-state index contributed by atoms with van der Waals surface area (Å²) in [5, 5.41) is 19.8. The van der Waals surface area contributed by atoms with Gasteiger partial charge in [-0.05, 0) is 54.4 Å². The maximum atomic E-state index is 12.8. The fraction of sp³-hybridized carbons (Fsp3) is 0.133. The third-order valence-electron chi connectivity index (χ3n) is 2.96. The van der Waals surface area contributed by atoms with Gasteiger partial charge in [-0.2, -0.15) is 0 Å². The van der Waals surface area contributed by atoms with Crippen molar-refractivity contribution in [3.63, 3.8) is 0 Å². The van der Waals surface area contributed by atoms with E-state index in [4.69, 9.17) is 5.41 Å². The fourth-order valence-electron chi connectivity index (χ4n) is 1.86. The molecule has 0 heterocycles. The molecule has 0 unspecified atom stereocenters. The Morgan fingerprint density at radius 1 is 1.26 bits per heavy atom. The highest BCUT2D eigenvalue weighted by Crippen LogP contribution is 2.24. The first-order valence-corrected chi connectivity index (χ1v) is 5.91. The molecule has 3 nitrogen and oxygen atoms in total. The average Bonchev–Trinajstić information content (AvgIpc) is 2.42. The molecule has 98 valence electrons. The zero-order chi connectivity index (χ0) is 13.8. The quantitative estimate of drug-likeness (QED) is 0.736. The third-order valence-corrected chi connectivity index (χ3v) is 2.96. The summed E-state index contributed by atoms with van der Waals surface area (Å²) >= 11 is 0. The molecule has 4 heteroatoms. The smallest absolute Gasteiger partial charge is 0.123 e.